The fourth-order valence-electron chi connectivity index (χ4n) is 3.10. The fraction of sp³-hybridized carbons (Fsp3) is 1.00. The maximum atomic E-state index is 3.50. The number of likely N-dealkylation sites (tertiary alicyclic amines) is 1. The molecular formula is C17H36N2. The number of nitrogens with zero attached hydrogens (tertiary/aromatic N) is 1. The summed E-state index contributed by atoms with van der Waals surface area (Å²) in [4.78, 5) is 2.70. The second-order valence-electron chi connectivity index (χ2n) is 7.65. The van der Waals surface area contributed by atoms with Crippen LogP contribution >= 0.6 is 0 Å². The van der Waals surface area contributed by atoms with Gasteiger partial charge in [-0.15, -0.1) is 0 Å². The summed E-state index contributed by atoms with van der Waals surface area (Å²) >= 11 is 0. The van der Waals surface area contributed by atoms with Crippen molar-refractivity contribution in [1.82, 2.24) is 10.2 Å². The summed E-state index contributed by atoms with van der Waals surface area (Å²) in [5, 5.41) is 3.50. The normalized spacial score (nSPS) is 22.7. The molecule has 1 fully saturated rings. The van der Waals surface area contributed by atoms with Gasteiger partial charge < -0.3 is 10.2 Å². The minimum absolute atomic E-state index is 0.497. The Morgan fingerprint density at radius 2 is 1.84 bits per heavy atom. The van der Waals surface area contributed by atoms with Gasteiger partial charge in [0.05, 0.1) is 0 Å². The van der Waals surface area contributed by atoms with E-state index in [0.717, 1.165) is 5.92 Å². The Morgan fingerprint density at radius 3 is 2.47 bits per heavy atom. The molecule has 1 unspecified atom stereocenters. The van der Waals surface area contributed by atoms with E-state index in [1.807, 2.05) is 0 Å². The molecule has 0 amide bonds. The number of nitrogens with one attached hydrogen (secondary N) is 1. The van der Waals surface area contributed by atoms with Gasteiger partial charge in [0.15, 0.2) is 0 Å². The van der Waals surface area contributed by atoms with E-state index in [9.17, 15) is 0 Å². The topological polar surface area (TPSA) is 15.3 Å². The Bertz CT molecular complexity index is 230. The van der Waals surface area contributed by atoms with E-state index in [4.69, 9.17) is 0 Å². The molecule has 1 saturated heterocycles. The average molecular weight is 268 g/mol. The van der Waals surface area contributed by atoms with Gasteiger partial charge in [-0.1, -0.05) is 34.6 Å². The summed E-state index contributed by atoms with van der Waals surface area (Å²) in [6.45, 7) is 16.8. The Labute approximate surface area is 121 Å². The molecular weight excluding hydrogens is 232 g/mol. The van der Waals surface area contributed by atoms with Gasteiger partial charge in [-0.25, -0.2) is 0 Å². The van der Waals surface area contributed by atoms with Crippen molar-refractivity contribution in [2.75, 3.05) is 26.2 Å². The molecule has 0 spiro atoms. The lowest BCUT2D eigenvalue weighted by Crippen LogP contribution is -2.28. The highest BCUT2D eigenvalue weighted by atomic mass is 15.1. The molecule has 0 aliphatic carbocycles. The highest BCUT2D eigenvalue weighted by Crippen LogP contribution is 2.34. The summed E-state index contributed by atoms with van der Waals surface area (Å²) in [5.41, 5.74) is 0.497. The molecule has 0 aromatic heterocycles. The molecule has 1 heterocycles. The molecule has 1 atom stereocenters. The summed E-state index contributed by atoms with van der Waals surface area (Å²) in [6.07, 6.45) is 6.88. The van der Waals surface area contributed by atoms with Gasteiger partial charge in [-0.2, -0.15) is 0 Å². The van der Waals surface area contributed by atoms with E-state index in [1.165, 1.54) is 58.3 Å². The first-order valence-corrected chi connectivity index (χ1v) is 8.35. The molecule has 2 heteroatoms. The quantitative estimate of drug-likeness (QED) is 0.735. The zero-order valence-electron chi connectivity index (χ0n) is 14.0. The highest BCUT2D eigenvalue weighted by molar-refractivity contribution is 4.78. The van der Waals surface area contributed by atoms with Crippen molar-refractivity contribution in [2.45, 2.75) is 72.8 Å². The van der Waals surface area contributed by atoms with Crippen LogP contribution in [0.3, 0.4) is 0 Å². The minimum Gasteiger partial charge on any atom is -0.315 e. The fourth-order valence-corrected chi connectivity index (χ4v) is 3.10. The molecule has 19 heavy (non-hydrogen) atoms. The van der Waals surface area contributed by atoms with Crippen molar-refractivity contribution in [3.63, 3.8) is 0 Å². The third kappa shape index (κ3) is 7.31. The van der Waals surface area contributed by atoms with Crippen LogP contribution in [0.5, 0.6) is 0 Å². The number of rotatable bonds is 6. The monoisotopic (exact) mass is 268 g/mol. The van der Waals surface area contributed by atoms with Crippen LogP contribution in [0.1, 0.15) is 66.7 Å². The third-order valence-corrected chi connectivity index (χ3v) is 4.50. The Kier molecular flexibility index (Phi) is 7.38. The molecule has 114 valence electrons. The van der Waals surface area contributed by atoms with E-state index < -0.39 is 0 Å². The maximum Gasteiger partial charge on any atom is 0.00103 e. The smallest absolute Gasteiger partial charge is 0.00103 e. The van der Waals surface area contributed by atoms with Gasteiger partial charge in [0.25, 0.3) is 0 Å². The van der Waals surface area contributed by atoms with Crippen LogP contribution in [0.15, 0.2) is 0 Å². The number of hydrogen-bond donors (Lipinski definition) is 1. The molecule has 0 saturated carbocycles. The zero-order valence-corrected chi connectivity index (χ0v) is 14.0. The van der Waals surface area contributed by atoms with Crippen molar-refractivity contribution >= 4 is 0 Å². The molecule has 1 N–H and O–H groups in total. The Balaban J connectivity index is 2.15. The van der Waals surface area contributed by atoms with Gasteiger partial charge in [0.1, 0.15) is 0 Å². The molecule has 0 radical (unpaired) electrons. The van der Waals surface area contributed by atoms with Gasteiger partial charge in [0, 0.05) is 6.04 Å². The second-order valence-corrected chi connectivity index (χ2v) is 7.65. The van der Waals surface area contributed by atoms with E-state index in [2.05, 4.69) is 44.8 Å². The molecule has 1 aliphatic rings. The molecule has 0 aromatic rings. The predicted molar refractivity (Wildman–Crippen MR) is 85.6 cm³/mol. The van der Waals surface area contributed by atoms with Crippen LogP contribution in [0.2, 0.25) is 0 Å². The number of unbranched alkanes of at least 4 members (excludes halogenated alkanes) is 1. The van der Waals surface area contributed by atoms with Gasteiger partial charge in [-0.05, 0) is 69.6 Å². The van der Waals surface area contributed by atoms with Crippen LogP contribution in [-0.2, 0) is 0 Å². The Morgan fingerprint density at radius 1 is 1.11 bits per heavy atom. The summed E-state index contributed by atoms with van der Waals surface area (Å²) in [5.74, 6) is 0.917. The Hall–Kier alpha value is -0.0800. The summed E-state index contributed by atoms with van der Waals surface area (Å²) in [6, 6.07) is 0.630. The van der Waals surface area contributed by atoms with Crippen LogP contribution in [0, 0.1) is 11.3 Å². The minimum atomic E-state index is 0.497. The van der Waals surface area contributed by atoms with Gasteiger partial charge >= 0.3 is 0 Å². The average Bonchev–Trinajstić information content (AvgIpc) is 2.53. The predicted octanol–water partition coefficient (Wildman–Crippen LogP) is 3.91. The van der Waals surface area contributed by atoms with Crippen molar-refractivity contribution in [3.8, 4) is 0 Å². The standard InChI is InChI=1S/C17H36N2/c1-15(2)18-11-6-7-12-19-13-8-9-16(10-14-19)17(3,4)5/h15-16,18H,6-14H2,1-5H3. The van der Waals surface area contributed by atoms with E-state index in [1.54, 1.807) is 0 Å². The zero-order chi connectivity index (χ0) is 14.3. The van der Waals surface area contributed by atoms with Crippen LogP contribution in [-0.4, -0.2) is 37.1 Å². The van der Waals surface area contributed by atoms with E-state index >= 15 is 0 Å². The summed E-state index contributed by atoms with van der Waals surface area (Å²) < 4.78 is 0. The van der Waals surface area contributed by atoms with Crippen molar-refractivity contribution in [2.24, 2.45) is 11.3 Å². The number of hydrogen-bond acceptors (Lipinski definition) is 2. The van der Waals surface area contributed by atoms with Crippen molar-refractivity contribution in [1.29, 1.82) is 0 Å². The molecule has 0 bridgehead atoms. The van der Waals surface area contributed by atoms with E-state index in [-0.39, 0.29) is 0 Å². The van der Waals surface area contributed by atoms with Crippen LogP contribution < -0.4 is 5.32 Å². The van der Waals surface area contributed by atoms with Gasteiger partial charge in [0.2, 0.25) is 0 Å². The lowest BCUT2D eigenvalue weighted by Gasteiger charge is -2.29. The SMILES string of the molecule is CC(C)NCCCCN1CCCC(C(C)(C)C)CC1. The third-order valence-electron chi connectivity index (χ3n) is 4.50. The first-order valence-electron chi connectivity index (χ1n) is 8.35. The van der Waals surface area contributed by atoms with Crippen molar-refractivity contribution in [3.05, 3.63) is 0 Å². The summed E-state index contributed by atoms with van der Waals surface area (Å²) in [7, 11) is 0. The van der Waals surface area contributed by atoms with E-state index in [0.29, 0.717) is 11.5 Å². The lowest BCUT2D eigenvalue weighted by molar-refractivity contribution is 0.207. The van der Waals surface area contributed by atoms with Gasteiger partial charge in [-0.3, -0.25) is 0 Å². The van der Waals surface area contributed by atoms with Crippen molar-refractivity contribution < 1.29 is 0 Å². The molecule has 2 nitrogen and oxygen atoms in total. The molecule has 1 rings (SSSR count). The van der Waals surface area contributed by atoms with Crippen LogP contribution in [0.4, 0.5) is 0 Å². The highest BCUT2D eigenvalue weighted by Gasteiger charge is 2.26. The first kappa shape index (κ1) is 17.0. The maximum absolute atomic E-state index is 3.50. The molecule has 1 aliphatic heterocycles. The van der Waals surface area contributed by atoms with Crippen LogP contribution in [0.25, 0.3) is 0 Å². The molecule has 0 aromatic carbocycles. The first-order chi connectivity index (χ1) is 8.89. The second kappa shape index (κ2) is 8.26. The largest absolute Gasteiger partial charge is 0.315 e. The lowest BCUT2D eigenvalue weighted by atomic mass is 9.77.